The number of aromatic amines is 1. The highest BCUT2D eigenvalue weighted by Gasteiger charge is 2.33. The maximum absolute atomic E-state index is 13.8. The number of carbonyl (C=O) groups is 9. The van der Waals surface area contributed by atoms with Gasteiger partial charge in [-0.25, -0.2) is 0 Å². The maximum atomic E-state index is 13.8. The van der Waals surface area contributed by atoms with Gasteiger partial charge >= 0.3 is 0 Å². The van der Waals surface area contributed by atoms with Crippen molar-refractivity contribution in [1.29, 1.82) is 0 Å². The molecule has 2 aromatic rings. The zero-order valence-corrected chi connectivity index (χ0v) is 32.1. The molecule has 2 heterocycles. The number of amides is 8. The maximum Gasteiger partial charge on any atom is 0.247 e. The molecular formula is C36H52N10O10. The van der Waals surface area contributed by atoms with Crippen LogP contribution in [0.15, 0.2) is 18.2 Å². The van der Waals surface area contributed by atoms with E-state index in [9.17, 15) is 48.3 Å². The van der Waals surface area contributed by atoms with Gasteiger partial charge < -0.3 is 57.8 Å². The molecule has 0 bridgehead atoms. The lowest BCUT2D eigenvalue weighted by Gasteiger charge is -2.25. The van der Waals surface area contributed by atoms with Crippen molar-refractivity contribution in [2.24, 2.45) is 11.7 Å². The summed E-state index contributed by atoms with van der Waals surface area (Å²) >= 11 is 0. The molecule has 6 unspecified atom stereocenters. The molecule has 3 rings (SSSR count). The molecule has 20 nitrogen and oxygen atoms in total. The largest absolute Gasteiger partial charge is 0.508 e. The number of nitrogens with two attached hydrogens (primary N) is 1. The van der Waals surface area contributed by atoms with Crippen LogP contribution in [-0.4, -0.2) is 126 Å². The summed E-state index contributed by atoms with van der Waals surface area (Å²) in [6, 6.07) is -0.617. The van der Waals surface area contributed by atoms with Gasteiger partial charge in [0.25, 0.3) is 0 Å². The summed E-state index contributed by atoms with van der Waals surface area (Å²) < 4.78 is 0. The number of phenolic OH excluding ortho intramolecular Hbond substituents is 1. The number of nitrogens with one attached hydrogen (secondary N) is 8. The number of aromatic nitrogens is 1. The molecule has 306 valence electrons. The quantitative estimate of drug-likeness (QED) is 0.0620. The van der Waals surface area contributed by atoms with Crippen LogP contribution >= 0.6 is 0 Å². The zero-order chi connectivity index (χ0) is 41.7. The number of fused-ring (bicyclic) bond motifs is 1. The molecule has 0 aliphatic carbocycles. The number of benzene rings is 1. The summed E-state index contributed by atoms with van der Waals surface area (Å²) in [4.78, 5) is 118. The molecule has 1 aliphatic rings. The Bertz CT molecular complexity index is 1810. The number of carbonyl (C=O) groups excluding carboxylic acids is 9. The summed E-state index contributed by atoms with van der Waals surface area (Å²) in [5, 5.41) is 27.9. The molecule has 20 heteroatoms. The van der Waals surface area contributed by atoms with Crippen LogP contribution in [0.1, 0.15) is 63.8 Å². The Morgan fingerprint density at radius 2 is 1.55 bits per heavy atom. The summed E-state index contributed by atoms with van der Waals surface area (Å²) in [5.41, 5.74) is 6.36. The minimum Gasteiger partial charge on any atom is -0.508 e. The lowest BCUT2D eigenvalue weighted by atomic mass is 9.98. The van der Waals surface area contributed by atoms with Gasteiger partial charge in [-0.2, -0.15) is 0 Å². The molecule has 0 spiro atoms. The van der Waals surface area contributed by atoms with Crippen LogP contribution in [0.25, 0.3) is 10.9 Å². The zero-order valence-electron chi connectivity index (χ0n) is 32.1. The number of H-pyrrole nitrogens is 1. The number of likely N-dealkylation sites (tertiary alicyclic amines) is 1. The van der Waals surface area contributed by atoms with Crippen molar-refractivity contribution in [2.75, 3.05) is 33.2 Å². The first-order chi connectivity index (χ1) is 26.4. The first-order valence-corrected chi connectivity index (χ1v) is 18.2. The topological polar surface area (TPSA) is 303 Å². The van der Waals surface area contributed by atoms with Gasteiger partial charge in [-0.05, 0) is 58.3 Å². The molecule has 0 radical (unpaired) electrons. The van der Waals surface area contributed by atoms with E-state index in [1.807, 2.05) is 11.9 Å². The highest BCUT2D eigenvalue weighted by molar-refractivity contribution is 5.99. The summed E-state index contributed by atoms with van der Waals surface area (Å²) in [7, 11) is 1.82. The van der Waals surface area contributed by atoms with E-state index in [-0.39, 0.29) is 17.7 Å². The number of hydrogen-bond donors (Lipinski definition) is 10. The second-order valence-electron chi connectivity index (χ2n) is 13.8. The van der Waals surface area contributed by atoms with Gasteiger partial charge in [0.05, 0.1) is 38.1 Å². The van der Waals surface area contributed by atoms with E-state index < -0.39 is 97.5 Å². The van der Waals surface area contributed by atoms with E-state index in [0.29, 0.717) is 41.3 Å². The van der Waals surface area contributed by atoms with Crippen LogP contribution in [0.2, 0.25) is 0 Å². The molecular weight excluding hydrogens is 732 g/mol. The monoisotopic (exact) mass is 784 g/mol. The number of aldehydes is 1. The first-order valence-electron chi connectivity index (χ1n) is 18.2. The second kappa shape index (κ2) is 20.6. The van der Waals surface area contributed by atoms with Crippen molar-refractivity contribution in [1.82, 2.24) is 47.1 Å². The van der Waals surface area contributed by atoms with Crippen molar-refractivity contribution in [3.8, 4) is 5.75 Å². The van der Waals surface area contributed by atoms with E-state index >= 15 is 0 Å². The lowest BCUT2D eigenvalue weighted by Crippen LogP contribution is -2.55. The van der Waals surface area contributed by atoms with E-state index in [4.69, 9.17) is 5.73 Å². The molecule has 6 atom stereocenters. The van der Waals surface area contributed by atoms with Crippen LogP contribution < -0.4 is 43.0 Å². The predicted molar refractivity (Wildman–Crippen MR) is 201 cm³/mol. The van der Waals surface area contributed by atoms with Crippen LogP contribution in [0.4, 0.5) is 0 Å². The lowest BCUT2D eigenvalue weighted by molar-refractivity contribution is -0.134. The SMILES string of the molecule is CCC(C)C(NC(=O)CNC(=O)C(NC(=O)C(C)NC(=O)C1CCCN1C)c1c(C)[nH]c2cc(O)ccc12)C(=O)NCC(=O)NCC(=O)NC(C=O)CC(N)=O. The van der Waals surface area contributed by atoms with Gasteiger partial charge in [0.1, 0.15) is 30.2 Å². The third-order valence-electron chi connectivity index (χ3n) is 9.47. The van der Waals surface area contributed by atoms with Crippen LogP contribution in [-0.2, 0) is 43.2 Å². The molecule has 0 saturated carbocycles. The molecule has 11 N–H and O–H groups in total. The number of rotatable bonds is 20. The Balaban J connectivity index is 1.66. The average Bonchev–Trinajstić information content (AvgIpc) is 3.73. The second-order valence-corrected chi connectivity index (χ2v) is 13.8. The van der Waals surface area contributed by atoms with Crippen molar-refractivity contribution >= 4 is 64.4 Å². The van der Waals surface area contributed by atoms with Crippen LogP contribution in [0, 0.1) is 12.8 Å². The smallest absolute Gasteiger partial charge is 0.247 e. The normalized spacial score (nSPS) is 16.6. The first kappa shape index (κ1) is 44.3. The van der Waals surface area contributed by atoms with Gasteiger partial charge in [-0.3, -0.25) is 43.3 Å². The minimum atomic E-state index is -1.36. The van der Waals surface area contributed by atoms with Gasteiger partial charge in [0, 0.05) is 28.2 Å². The predicted octanol–water partition coefficient (Wildman–Crippen LogP) is -2.62. The molecule has 1 aromatic carbocycles. The molecule has 56 heavy (non-hydrogen) atoms. The highest BCUT2D eigenvalue weighted by Crippen LogP contribution is 2.30. The van der Waals surface area contributed by atoms with Crippen molar-refractivity contribution in [3.63, 3.8) is 0 Å². The van der Waals surface area contributed by atoms with Crippen molar-refractivity contribution in [3.05, 3.63) is 29.5 Å². The fourth-order valence-corrected chi connectivity index (χ4v) is 6.19. The minimum absolute atomic E-state index is 0.0318. The number of hydrogen-bond acceptors (Lipinski definition) is 11. The van der Waals surface area contributed by atoms with Crippen LogP contribution in [0.3, 0.4) is 0 Å². The molecule has 1 aromatic heterocycles. The van der Waals surface area contributed by atoms with Crippen molar-refractivity contribution < 1.29 is 48.3 Å². The fourth-order valence-electron chi connectivity index (χ4n) is 6.19. The van der Waals surface area contributed by atoms with E-state index in [2.05, 4.69) is 42.2 Å². The van der Waals surface area contributed by atoms with E-state index in [1.165, 1.54) is 19.1 Å². The van der Waals surface area contributed by atoms with Crippen LogP contribution in [0.5, 0.6) is 5.75 Å². The summed E-state index contributed by atoms with van der Waals surface area (Å²) in [6.45, 7) is 5.65. The third kappa shape index (κ3) is 12.5. The molecule has 1 fully saturated rings. The Hall–Kier alpha value is -6.05. The standard InChI is InChI=1S/C36H52N10O10/c1-6-18(2)31(35(55)39-14-27(50)38-15-28(51)43-21(17-47)12-26(37)49)44-29(52)16-40-36(56)32(30-19(3)41-24-13-22(48)9-10-23(24)30)45-33(53)20(4)42-34(54)25-8-7-11-46(25)5/h9-10,13,17-18,20-21,25,31-32,41,48H,6-8,11-12,14-16H2,1-5H3,(H2,37,49)(H,38,50)(H,39,55)(H,40,56)(H,42,54)(H,43,51)(H,44,52)(H,45,53). The average molecular weight is 785 g/mol. The Kier molecular flexibility index (Phi) is 16.3. The molecule has 1 saturated heterocycles. The number of aryl methyl sites for hydroxylation is 1. The Morgan fingerprint density at radius 3 is 2.18 bits per heavy atom. The number of primary amides is 1. The van der Waals surface area contributed by atoms with Gasteiger partial charge in [0.15, 0.2) is 0 Å². The molecule has 1 aliphatic heterocycles. The van der Waals surface area contributed by atoms with Crippen molar-refractivity contribution in [2.45, 2.75) is 83.6 Å². The van der Waals surface area contributed by atoms with E-state index in [1.54, 1.807) is 26.8 Å². The number of nitrogens with zero attached hydrogens (tertiary/aromatic N) is 1. The Morgan fingerprint density at radius 1 is 0.911 bits per heavy atom. The Labute approximate surface area is 323 Å². The fraction of sp³-hybridized carbons (Fsp3) is 0.528. The molecule has 8 amide bonds. The third-order valence-corrected chi connectivity index (χ3v) is 9.47. The van der Waals surface area contributed by atoms with E-state index in [0.717, 1.165) is 13.0 Å². The van der Waals surface area contributed by atoms with Gasteiger partial charge in [-0.1, -0.05) is 20.3 Å². The summed E-state index contributed by atoms with van der Waals surface area (Å²) in [6.07, 6.45) is 1.84. The summed E-state index contributed by atoms with van der Waals surface area (Å²) in [5.74, 6) is -6.04. The number of phenols is 1. The number of aromatic hydroxyl groups is 1. The number of likely N-dealkylation sites (N-methyl/N-ethyl adjacent to an activating group) is 1. The highest BCUT2D eigenvalue weighted by atomic mass is 16.3. The van der Waals surface area contributed by atoms with Gasteiger partial charge in [0.2, 0.25) is 47.3 Å². The van der Waals surface area contributed by atoms with Gasteiger partial charge in [-0.15, -0.1) is 0 Å².